The molecular formula is C12H19N3O. The van der Waals surface area contributed by atoms with Crippen LogP contribution in [0.25, 0.3) is 0 Å². The molecule has 0 unspecified atom stereocenters. The Labute approximate surface area is 96.3 Å². The SMILES string of the molecule is CN(CCO)c1ncc(C2CCCC2)cn1. The van der Waals surface area contributed by atoms with Crippen LogP contribution >= 0.6 is 0 Å². The van der Waals surface area contributed by atoms with Crippen LogP contribution in [0.15, 0.2) is 12.4 Å². The fourth-order valence-electron chi connectivity index (χ4n) is 2.25. The first-order valence-electron chi connectivity index (χ1n) is 5.95. The zero-order valence-electron chi connectivity index (χ0n) is 9.76. The molecule has 0 amide bonds. The van der Waals surface area contributed by atoms with Crippen LogP contribution in [-0.2, 0) is 0 Å². The van der Waals surface area contributed by atoms with E-state index in [4.69, 9.17) is 5.11 Å². The van der Waals surface area contributed by atoms with Gasteiger partial charge in [0.1, 0.15) is 0 Å². The number of anilines is 1. The maximum Gasteiger partial charge on any atom is 0.225 e. The highest BCUT2D eigenvalue weighted by atomic mass is 16.3. The van der Waals surface area contributed by atoms with Gasteiger partial charge in [0.2, 0.25) is 5.95 Å². The zero-order chi connectivity index (χ0) is 11.4. The van der Waals surface area contributed by atoms with E-state index in [2.05, 4.69) is 9.97 Å². The fraction of sp³-hybridized carbons (Fsp3) is 0.667. The highest BCUT2D eigenvalue weighted by molar-refractivity contribution is 5.29. The van der Waals surface area contributed by atoms with Crippen LogP contribution in [0, 0.1) is 0 Å². The Hall–Kier alpha value is -1.16. The fourth-order valence-corrected chi connectivity index (χ4v) is 2.25. The minimum Gasteiger partial charge on any atom is -0.395 e. The summed E-state index contributed by atoms with van der Waals surface area (Å²) in [5.41, 5.74) is 1.26. The largest absolute Gasteiger partial charge is 0.395 e. The van der Waals surface area contributed by atoms with Gasteiger partial charge in [-0.25, -0.2) is 9.97 Å². The van der Waals surface area contributed by atoms with Crippen molar-refractivity contribution < 1.29 is 5.11 Å². The van der Waals surface area contributed by atoms with Gasteiger partial charge in [-0.2, -0.15) is 0 Å². The molecule has 1 fully saturated rings. The maximum atomic E-state index is 8.83. The van der Waals surface area contributed by atoms with Crippen molar-refractivity contribution in [1.29, 1.82) is 0 Å². The van der Waals surface area contributed by atoms with Crippen LogP contribution in [0.1, 0.15) is 37.2 Å². The number of likely N-dealkylation sites (N-methyl/N-ethyl adjacent to an activating group) is 1. The lowest BCUT2D eigenvalue weighted by Gasteiger charge is -2.16. The number of hydrogen-bond donors (Lipinski definition) is 1. The second kappa shape index (κ2) is 5.25. The van der Waals surface area contributed by atoms with Crippen LogP contribution in [0.2, 0.25) is 0 Å². The third kappa shape index (κ3) is 2.50. The van der Waals surface area contributed by atoms with Crippen molar-refractivity contribution in [3.05, 3.63) is 18.0 Å². The Balaban J connectivity index is 2.03. The summed E-state index contributed by atoms with van der Waals surface area (Å²) >= 11 is 0. The molecule has 88 valence electrons. The van der Waals surface area contributed by atoms with E-state index in [0.717, 1.165) is 0 Å². The van der Waals surface area contributed by atoms with Crippen molar-refractivity contribution in [3.63, 3.8) is 0 Å². The summed E-state index contributed by atoms with van der Waals surface area (Å²) < 4.78 is 0. The van der Waals surface area contributed by atoms with Crippen molar-refractivity contribution >= 4 is 5.95 Å². The second-order valence-electron chi connectivity index (χ2n) is 4.44. The Morgan fingerprint density at radius 1 is 1.31 bits per heavy atom. The normalized spacial score (nSPS) is 16.6. The summed E-state index contributed by atoms with van der Waals surface area (Å²) in [5.74, 6) is 1.35. The Morgan fingerprint density at radius 3 is 2.50 bits per heavy atom. The lowest BCUT2D eigenvalue weighted by molar-refractivity contribution is 0.303. The molecule has 1 aliphatic rings. The van der Waals surface area contributed by atoms with Crippen LogP contribution in [0.4, 0.5) is 5.95 Å². The monoisotopic (exact) mass is 221 g/mol. The highest BCUT2D eigenvalue weighted by Crippen LogP contribution is 2.33. The molecule has 4 heteroatoms. The van der Waals surface area contributed by atoms with Gasteiger partial charge in [-0.1, -0.05) is 12.8 Å². The van der Waals surface area contributed by atoms with Crippen molar-refractivity contribution in [2.45, 2.75) is 31.6 Å². The number of aliphatic hydroxyl groups is 1. The van der Waals surface area contributed by atoms with Crippen LogP contribution in [-0.4, -0.2) is 35.3 Å². The van der Waals surface area contributed by atoms with Gasteiger partial charge in [0.15, 0.2) is 0 Å². The van der Waals surface area contributed by atoms with Gasteiger partial charge in [0, 0.05) is 26.0 Å². The lowest BCUT2D eigenvalue weighted by Crippen LogP contribution is -2.23. The molecule has 2 rings (SSSR count). The molecule has 1 N–H and O–H groups in total. The molecule has 1 aromatic heterocycles. The predicted molar refractivity (Wildman–Crippen MR) is 63.6 cm³/mol. The van der Waals surface area contributed by atoms with E-state index in [1.54, 1.807) is 0 Å². The topological polar surface area (TPSA) is 49.2 Å². The van der Waals surface area contributed by atoms with Gasteiger partial charge >= 0.3 is 0 Å². The first kappa shape index (κ1) is 11.3. The van der Waals surface area contributed by atoms with E-state index in [1.807, 2.05) is 24.3 Å². The van der Waals surface area contributed by atoms with Gasteiger partial charge < -0.3 is 10.0 Å². The third-order valence-electron chi connectivity index (χ3n) is 3.26. The van der Waals surface area contributed by atoms with Crippen molar-refractivity contribution in [2.24, 2.45) is 0 Å². The predicted octanol–water partition coefficient (Wildman–Crippen LogP) is 1.56. The summed E-state index contributed by atoms with van der Waals surface area (Å²) in [6.07, 6.45) is 9.08. The van der Waals surface area contributed by atoms with E-state index in [1.165, 1.54) is 31.2 Å². The molecule has 0 saturated heterocycles. The van der Waals surface area contributed by atoms with Crippen LogP contribution in [0.5, 0.6) is 0 Å². The Kier molecular flexibility index (Phi) is 3.72. The van der Waals surface area contributed by atoms with E-state index in [-0.39, 0.29) is 6.61 Å². The number of rotatable bonds is 4. The third-order valence-corrected chi connectivity index (χ3v) is 3.26. The average Bonchev–Trinajstić information content (AvgIpc) is 2.83. The molecule has 0 aromatic carbocycles. The molecule has 0 atom stereocenters. The number of hydrogen-bond acceptors (Lipinski definition) is 4. The van der Waals surface area contributed by atoms with E-state index in [9.17, 15) is 0 Å². The smallest absolute Gasteiger partial charge is 0.225 e. The molecule has 16 heavy (non-hydrogen) atoms. The first-order chi connectivity index (χ1) is 7.81. The lowest BCUT2D eigenvalue weighted by atomic mass is 10.0. The number of nitrogens with zero attached hydrogens (tertiary/aromatic N) is 3. The van der Waals surface area contributed by atoms with E-state index in [0.29, 0.717) is 18.4 Å². The number of aliphatic hydroxyl groups excluding tert-OH is 1. The van der Waals surface area contributed by atoms with Gasteiger partial charge in [0.05, 0.1) is 6.61 Å². The molecule has 0 aliphatic heterocycles. The van der Waals surface area contributed by atoms with E-state index >= 15 is 0 Å². The molecule has 1 saturated carbocycles. The Morgan fingerprint density at radius 2 is 1.94 bits per heavy atom. The molecule has 1 aliphatic carbocycles. The first-order valence-corrected chi connectivity index (χ1v) is 5.95. The molecule has 0 spiro atoms. The van der Waals surface area contributed by atoms with Crippen LogP contribution in [0.3, 0.4) is 0 Å². The van der Waals surface area contributed by atoms with Gasteiger partial charge in [-0.15, -0.1) is 0 Å². The molecule has 1 aromatic rings. The number of aromatic nitrogens is 2. The molecule has 1 heterocycles. The average molecular weight is 221 g/mol. The quantitative estimate of drug-likeness (QED) is 0.838. The van der Waals surface area contributed by atoms with Gasteiger partial charge in [-0.3, -0.25) is 0 Å². The minimum atomic E-state index is 0.129. The van der Waals surface area contributed by atoms with E-state index < -0.39 is 0 Å². The molecule has 0 bridgehead atoms. The summed E-state index contributed by atoms with van der Waals surface area (Å²) in [5, 5.41) is 8.83. The summed E-state index contributed by atoms with van der Waals surface area (Å²) in [6.45, 7) is 0.701. The summed E-state index contributed by atoms with van der Waals surface area (Å²) in [4.78, 5) is 10.6. The van der Waals surface area contributed by atoms with Crippen LogP contribution < -0.4 is 4.90 Å². The van der Waals surface area contributed by atoms with Crippen molar-refractivity contribution in [1.82, 2.24) is 9.97 Å². The maximum absolute atomic E-state index is 8.83. The highest BCUT2D eigenvalue weighted by Gasteiger charge is 2.17. The second-order valence-corrected chi connectivity index (χ2v) is 4.44. The van der Waals surface area contributed by atoms with Gasteiger partial charge in [-0.05, 0) is 24.3 Å². The molecule has 0 radical (unpaired) electrons. The zero-order valence-corrected chi connectivity index (χ0v) is 9.76. The molecule has 4 nitrogen and oxygen atoms in total. The minimum absolute atomic E-state index is 0.129. The standard InChI is InChI=1S/C12H19N3O/c1-15(6-7-16)12-13-8-11(9-14-12)10-4-2-3-5-10/h8-10,16H,2-7H2,1H3. The summed E-state index contributed by atoms with van der Waals surface area (Å²) in [6, 6.07) is 0. The van der Waals surface area contributed by atoms with Crippen molar-refractivity contribution in [3.8, 4) is 0 Å². The Bertz CT molecular complexity index is 320. The van der Waals surface area contributed by atoms with Crippen molar-refractivity contribution in [2.75, 3.05) is 25.1 Å². The van der Waals surface area contributed by atoms with Gasteiger partial charge in [0.25, 0.3) is 0 Å². The molecular weight excluding hydrogens is 202 g/mol. The summed E-state index contributed by atoms with van der Waals surface area (Å²) in [7, 11) is 1.89.